The Morgan fingerprint density at radius 3 is 2.43 bits per heavy atom. The lowest BCUT2D eigenvalue weighted by Gasteiger charge is -2.19. The number of rotatable bonds is 6. The first-order chi connectivity index (χ1) is 13.4. The summed E-state index contributed by atoms with van der Waals surface area (Å²) in [6.07, 6.45) is 5.35. The van der Waals surface area contributed by atoms with Gasteiger partial charge in [-0.05, 0) is 42.0 Å². The zero-order chi connectivity index (χ0) is 20.1. The van der Waals surface area contributed by atoms with E-state index in [0.29, 0.717) is 31.0 Å². The summed E-state index contributed by atoms with van der Waals surface area (Å²) < 4.78 is 8.11. The number of imidazole rings is 1. The minimum atomic E-state index is -0.0767. The molecule has 1 unspecified atom stereocenters. The lowest BCUT2D eigenvalue weighted by Crippen LogP contribution is -2.09. The highest BCUT2D eigenvalue weighted by atomic mass is 35.5. The van der Waals surface area contributed by atoms with Crippen LogP contribution in [-0.2, 0) is 17.9 Å². The van der Waals surface area contributed by atoms with Crippen LogP contribution in [0.3, 0.4) is 0 Å². The average Bonchev–Trinajstić information content (AvgIpc) is 3.13. The Bertz CT molecular complexity index is 967. The number of hydrogen-bond acceptors (Lipinski definition) is 4. The Hall–Kier alpha value is -0.950. The molecule has 9 heteroatoms. The lowest BCUT2D eigenvalue weighted by atomic mass is 10.1. The second-order valence-corrected chi connectivity index (χ2v) is 9.30. The molecule has 3 aromatic rings. The summed E-state index contributed by atoms with van der Waals surface area (Å²) >= 11 is 31.4. The molecule has 0 aliphatic heterocycles. The van der Waals surface area contributed by atoms with Gasteiger partial charge in [-0.25, -0.2) is 4.98 Å². The van der Waals surface area contributed by atoms with Crippen LogP contribution in [0.4, 0.5) is 0 Å². The Labute approximate surface area is 192 Å². The number of thiocarbonyl (C=S) groups is 1. The van der Waals surface area contributed by atoms with Crippen molar-refractivity contribution in [1.82, 2.24) is 9.55 Å². The SMILES string of the molecule is S=C(OCc1ccc(Cl)cc1Cl)SC(Cn1ccnc1)c1ccc(Cl)cc1Cl. The van der Waals surface area contributed by atoms with Crippen LogP contribution in [0.25, 0.3) is 0 Å². The Kier molecular flexibility index (Phi) is 7.92. The molecule has 0 aliphatic rings. The van der Waals surface area contributed by atoms with E-state index in [4.69, 9.17) is 63.4 Å². The summed E-state index contributed by atoms with van der Waals surface area (Å²) in [5.41, 5.74) is 1.73. The van der Waals surface area contributed by atoms with Gasteiger partial charge in [-0.3, -0.25) is 0 Å². The van der Waals surface area contributed by atoms with E-state index < -0.39 is 0 Å². The highest BCUT2D eigenvalue weighted by molar-refractivity contribution is 8.22. The van der Waals surface area contributed by atoms with Crippen LogP contribution in [0.5, 0.6) is 0 Å². The van der Waals surface area contributed by atoms with Gasteiger partial charge >= 0.3 is 0 Å². The Morgan fingerprint density at radius 2 is 1.79 bits per heavy atom. The third-order valence-corrected chi connectivity index (χ3v) is 6.40. The molecule has 0 spiro atoms. The molecule has 0 saturated carbocycles. The van der Waals surface area contributed by atoms with E-state index in [1.165, 1.54) is 11.8 Å². The molecule has 2 aromatic carbocycles. The van der Waals surface area contributed by atoms with Gasteiger partial charge < -0.3 is 9.30 Å². The first-order valence-corrected chi connectivity index (χ1v) is 10.9. The third-order valence-electron chi connectivity index (χ3n) is 3.84. The first kappa shape index (κ1) is 21.8. The van der Waals surface area contributed by atoms with Crippen LogP contribution in [0.2, 0.25) is 20.1 Å². The van der Waals surface area contributed by atoms with Gasteiger partial charge in [-0.2, -0.15) is 0 Å². The van der Waals surface area contributed by atoms with Crippen molar-refractivity contribution >= 4 is 74.8 Å². The first-order valence-electron chi connectivity index (χ1n) is 8.10. The van der Waals surface area contributed by atoms with Gasteiger partial charge in [0.05, 0.1) is 11.6 Å². The van der Waals surface area contributed by atoms with Gasteiger partial charge in [0.15, 0.2) is 0 Å². The molecule has 0 aliphatic carbocycles. The van der Waals surface area contributed by atoms with Gasteiger partial charge in [-0.1, -0.05) is 70.3 Å². The minimum absolute atomic E-state index is 0.0767. The van der Waals surface area contributed by atoms with Crippen molar-refractivity contribution in [2.75, 3.05) is 0 Å². The molecule has 0 radical (unpaired) electrons. The standard InChI is InChI=1S/C19H14Cl4N2OS2/c20-13-2-1-12(16(22)7-13)10-26-19(27)28-18(9-25-6-5-24-11-25)15-4-3-14(21)8-17(15)23/h1-8,11,18H,9-10H2. The number of ether oxygens (including phenoxy) is 1. The maximum absolute atomic E-state index is 6.42. The molecular formula is C19H14Cl4N2OS2. The van der Waals surface area contributed by atoms with Gasteiger partial charge in [0, 0.05) is 44.6 Å². The number of aromatic nitrogens is 2. The highest BCUT2D eigenvalue weighted by Gasteiger charge is 2.20. The zero-order valence-electron chi connectivity index (χ0n) is 14.3. The molecule has 3 rings (SSSR count). The summed E-state index contributed by atoms with van der Waals surface area (Å²) in [7, 11) is 0. The van der Waals surface area contributed by atoms with Gasteiger partial charge in [-0.15, -0.1) is 0 Å². The van der Waals surface area contributed by atoms with Crippen LogP contribution in [-0.4, -0.2) is 13.9 Å². The molecule has 1 atom stereocenters. The minimum Gasteiger partial charge on any atom is -0.474 e. The van der Waals surface area contributed by atoms with Crippen molar-refractivity contribution in [3.05, 3.63) is 86.3 Å². The smallest absolute Gasteiger partial charge is 0.220 e. The van der Waals surface area contributed by atoms with E-state index in [9.17, 15) is 0 Å². The molecule has 0 fully saturated rings. The highest BCUT2D eigenvalue weighted by Crippen LogP contribution is 2.37. The summed E-state index contributed by atoms with van der Waals surface area (Å²) in [6.45, 7) is 0.880. The summed E-state index contributed by atoms with van der Waals surface area (Å²) in [5.74, 6) is 0. The molecule has 1 aromatic heterocycles. The predicted molar refractivity (Wildman–Crippen MR) is 123 cm³/mol. The van der Waals surface area contributed by atoms with Crippen molar-refractivity contribution in [2.24, 2.45) is 0 Å². The topological polar surface area (TPSA) is 27.1 Å². The fourth-order valence-electron chi connectivity index (χ4n) is 2.47. The van der Waals surface area contributed by atoms with Crippen LogP contribution in [0.15, 0.2) is 55.1 Å². The fraction of sp³-hybridized carbons (Fsp3) is 0.158. The molecule has 146 valence electrons. The summed E-state index contributed by atoms with van der Waals surface area (Å²) in [4.78, 5) is 4.09. The number of hydrogen-bond donors (Lipinski definition) is 0. The monoisotopic (exact) mass is 490 g/mol. The molecule has 1 heterocycles. The van der Waals surface area contributed by atoms with E-state index in [2.05, 4.69) is 4.98 Å². The molecule has 0 saturated heterocycles. The second-order valence-electron chi connectivity index (χ2n) is 5.81. The molecular weight excluding hydrogens is 478 g/mol. The summed E-state index contributed by atoms with van der Waals surface area (Å²) in [5, 5.41) is 2.19. The van der Waals surface area contributed by atoms with Gasteiger partial charge in [0.1, 0.15) is 6.61 Å². The van der Waals surface area contributed by atoms with Crippen LogP contribution in [0.1, 0.15) is 16.4 Å². The Balaban J connectivity index is 1.72. The number of benzene rings is 2. The number of nitrogens with zero attached hydrogens (tertiary/aromatic N) is 2. The maximum Gasteiger partial charge on any atom is 0.220 e. The second kappa shape index (κ2) is 10.2. The van der Waals surface area contributed by atoms with Crippen molar-refractivity contribution < 1.29 is 4.74 Å². The largest absolute Gasteiger partial charge is 0.474 e. The zero-order valence-corrected chi connectivity index (χ0v) is 19.0. The molecule has 28 heavy (non-hydrogen) atoms. The van der Waals surface area contributed by atoms with E-state index in [1.54, 1.807) is 30.7 Å². The lowest BCUT2D eigenvalue weighted by molar-refractivity contribution is 0.310. The maximum atomic E-state index is 6.42. The average molecular weight is 492 g/mol. The fourth-order valence-corrected chi connectivity index (χ4v) is 4.89. The quantitative estimate of drug-likeness (QED) is 0.334. The van der Waals surface area contributed by atoms with Crippen LogP contribution in [0, 0.1) is 0 Å². The van der Waals surface area contributed by atoms with Crippen molar-refractivity contribution in [1.29, 1.82) is 0 Å². The van der Waals surface area contributed by atoms with Gasteiger partial charge in [0.25, 0.3) is 0 Å². The van der Waals surface area contributed by atoms with Crippen LogP contribution >= 0.6 is 70.4 Å². The normalized spacial score (nSPS) is 12.0. The third kappa shape index (κ3) is 6.02. The molecule has 3 nitrogen and oxygen atoms in total. The van der Waals surface area contributed by atoms with E-state index >= 15 is 0 Å². The van der Waals surface area contributed by atoms with Crippen LogP contribution < -0.4 is 0 Å². The molecule has 0 amide bonds. The van der Waals surface area contributed by atoms with Crippen molar-refractivity contribution in [3.63, 3.8) is 0 Å². The number of thioether (sulfide) groups is 1. The van der Waals surface area contributed by atoms with Crippen molar-refractivity contribution in [2.45, 2.75) is 18.4 Å². The molecule has 0 N–H and O–H groups in total. The van der Waals surface area contributed by atoms with E-state index in [-0.39, 0.29) is 11.9 Å². The molecule has 0 bridgehead atoms. The van der Waals surface area contributed by atoms with E-state index in [1.807, 2.05) is 29.0 Å². The van der Waals surface area contributed by atoms with E-state index in [0.717, 1.165) is 11.1 Å². The Morgan fingerprint density at radius 1 is 1.07 bits per heavy atom. The van der Waals surface area contributed by atoms with Gasteiger partial charge in [0.2, 0.25) is 4.38 Å². The van der Waals surface area contributed by atoms with Crippen molar-refractivity contribution in [3.8, 4) is 0 Å². The predicted octanol–water partition coefficient (Wildman–Crippen LogP) is 7.47. The summed E-state index contributed by atoms with van der Waals surface area (Å²) in [6, 6.07) is 10.7. The number of halogens is 4.